The Morgan fingerprint density at radius 1 is 1.08 bits per heavy atom. The first-order chi connectivity index (χ1) is 18.2. The number of carboxylic acid groups (broad SMARTS) is 1. The van der Waals surface area contributed by atoms with Crippen LogP contribution in [0.4, 0.5) is 4.79 Å². The van der Waals surface area contributed by atoms with Gasteiger partial charge in [0.1, 0.15) is 6.61 Å². The van der Waals surface area contributed by atoms with E-state index in [1.807, 2.05) is 0 Å². The van der Waals surface area contributed by atoms with Crippen molar-refractivity contribution in [2.75, 3.05) is 32.8 Å². The van der Waals surface area contributed by atoms with Crippen molar-refractivity contribution in [3.63, 3.8) is 0 Å². The van der Waals surface area contributed by atoms with Crippen LogP contribution >= 0.6 is 0 Å². The number of esters is 1. The minimum atomic E-state index is -0.753. The number of likely N-dealkylation sites (tertiary alicyclic amines) is 1. The summed E-state index contributed by atoms with van der Waals surface area (Å²) in [5, 5.41) is 22.5. The number of hydrogen-bond acceptors (Lipinski definition) is 5. The number of cyclic esters (lactones) is 1. The maximum absolute atomic E-state index is 12.4. The van der Waals surface area contributed by atoms with Crippen molar-refractivity contribution in [1.29, 1.82) is 0 Å². The van der Waals surface area contributed by atoms with E-state index in [1.54, 1.807) is 11.0 Å². The Morgan fingerprint density at radius 2 is 1.87 bits per heavy atom. The van der Waals surface area contributed by atoms with E-state index in [4.69, 9.17) is 4.74 Å². The Bertz CT molecular complexity index is 977. The Balaban J connectivity index is 1.14. The van der Waals surface area contributed by atoms with E-state index in [0.717, 1.165) is 89.4 Å². The highest BCUT2D eigenvalue weighted by Crippen LogP contribution is 2.70. The van der Waals surface area contributed by atoms with Gasteiger partial charge in [-0.3, -0.25) is 0 Å². The van der Waals surface area contributed by atoms with Crippen molar-refractivity contribution in [3.05, 3.63) is 11.6 Å². The quantitative estimate of drug-likeness (QED) is 0.468. The smallest absolute Gasteiger partial charge is 0.407 e. The molecule has 1 saturated heterocycles. The summed E-state index contributed by atoms with van der Waals surface area (Å²) in [6.45, 7) is 9.12. The summed E-state index contributed by atoms with van der Waals surface area (Å²) < 4.78 is 5.26. The minimum absolute atomic E-state index is 0.125. The number of aliphatic hydroxyl groups is 1. The highest BCUT2D eigenvalue weighted by atomic mass is 16.5. The van der Waals surface area contributed by atoms with Crippen molar-refractivity contribution < 1.29 is 24.5 Å². The van der Waals surface area contributed by atoms with Gasteiger partial charge in [0.2, 0.25) is 0 Å². The summed E-state index contributed by atoms with van der Waals surface area (Å²) in [5.74, 6) is 1.30. The normalized spacial score (nSPS) is 44.7. The van der Waals surface area contributed by atoms with Crippen molar-refractivity contribution in [3.8, 4) is 0 Å². The largest absolute Gasteiger partial charge is 0.465 e. The molecule has 0 unspecified atom stereocenters. The predicted octanol–water partition coefficient (Wildman–Crippen LogP) is 5.08. The molecule has 4 saturated carbocycles. The van der Waals surface area contributed by atoms with Gasteiger partial charge in [-0.05, 0) is 131 Å². The Kier molecular flexibility index (Phi) is 6.86. The molecule has 0 spiro atoms. The number of hydrogen-bond donors (Lipinski definition) is 2. The molecule has 6 aliphatic rings. The molecule has 5 fully saturated rings. The standard InChI is InChI=1S/C31H48N2O5/c1-29-11-8-23(33(28(35)36)17-5-16-32-14-3-4-15-32)19-22(29)6-7-26-25(29)9-12-30(2)24(10-13-31(26,30)37)21-18-27(34)38-20-21/h18,22-26,37H,3-17,19-20H2,1-2H3,(H,35,36)/t22-,23+,24-,25+,26-,29+,30-,31+/m1/s1. The van der Waals surface area contributed by atoms with Gasteiger partial charge in [-0.1, -0.05) is 13.8 Å². The van der Waals surface area contributed by atoms with Crippen LogP contribution in [-0.4, -0.2) is 76.5 Å². The predicted molar refractivity (Wildman–Crippen MR) is 145 cm³/mol. The first-order valence-electron chi connectivity index (χ1n) is 15.5. The van der Waals surface area contributed by atoms with Gasteiger partial charge < -0.3 is 24.7 Å². The van der Waals surface area contributed by atoms with Crippen LogP contribution in [0.3, 0.4) is 0 Å². The van der Waals surface area contributed by atoms with Crippen LogP contribution in [0.1, 0.15) is 90.9 Å². The van der Waals surface area contributed by atoms with E-state index >= 15 is 0 Å². The van der Waals surface area contributed by atoms with Gasteiger partial charge in [-0.2, -0.15) is 0 Å². The third-order valence-corrected chi connectivity index (χ3v) is 12.7. The fraction of sp³-hybridized carbons (Fsp3) is 0.871. The Hall–Kier alpha value is -1.60. The van der Waals surface area contributed by atoms with Gasteiger partial charge in [-0.15, -0.1) is 0 Å². The molecule has 212 valence electrons. The first-order valence-corrected chi connectivity index (χ1v) is 15.5. The summed E-state index contributed by atoms with van der Waals surface area (Å²) in [7, 11) is 0. The van der Waals surface area contributed by atoms with Crippen LogP contribution in [0.2, 0.25) is 0 Å². The lowest BCUT2D eigenvalue weighted by atomic mass is 9.43. The second kappa shape index (κ2) is 9.79. The first kappa shape index (κ1) is 26.6. The van der Waals surface area contributed by atoms with Crippen molar-refractivity contribution in [2.45, 2.75) is 103 Å². The van der Waals surface area contributed by atoms with Crippen molar-refractivity contribution in [2.24, 2.45) is 34.5 Å². The molecule has 2 N–H and O–H groups in total. The number of carbonyl (C=O) groups excluding carboxylic acids is 1. The summed E-state index contributed by atoms with van der Waals surface area (Å²) >= 11 is 0. The van der Waals surface area contributed by atoms with Crippen LogP contribution < -0.4 is 0 Å². The number of fused-ring (bicyclic) bond motifs is 5. The van der Waals surface area contributed by atoms with Crippen molar-refractivity contribution in [1.82, 2.24) is 9.80 Å². The molecule has 38 heavy (non-hydrogen) atoms. The number of rotatable bonds is 6. The Morgan fingerprint density at radius 3 is 2.58 bits per heavy atom. The van der Waals surface area contributed by atoms with E-state index in [1.165, 1.54) is 12.8 Å². The summed E-state index contributed by atoms with van der Waals surface area (Å²) in [6, 6.07) is 0.125. The zero-order valence-corrected chi connectivity index (χ0v) is 23.5. The van der Waals surface area contributed by atoms with Crippen LogP contribution in [0.15, 0.2) is 11.6 Å². The van der Waals surface area contributed by atoms with Crippen molar-refractivity contribution >= 4 is 12.1 Å². The van der Waals surface area contributed by atoms with E-state index < -0.39 is 11.7 Å². The van der Waals surface area contributed by atoms with Gasteiger partial charge in [0.25, 0.3) is 0 Å². The molecule has 0 aromatic heterocycles. The lowest BCUT2D eigenvalue weighted by molar-refractivity contribution is -0.206. The molecule has 0 aromatic rings. The molecule has 6 rings (SSSR count). The molecule has 4 aliphatic carbocycles. The fourth-order valence-electron chi connectivity index (χ4n) is 10.6. The van der Waals surface area contributed by atoms with Gasteiger partial charge in [0, 0.05) is 24.1 Å². The molecular formula is C31H48N2O5. The molecule has 7 nitrogen and oxygen atoms in total. The molecule has 1 amide bonds. The van der Waals surface area contributed by atoms with Gasteiger partial charge in [0.15, 0.2) is 0 Å². The molecule has 0 bridgehead atoms. The van der Waals surface area contributed by atoms with E-state index in [9.17, 15) is 19.8 Å². The second-order valence-corrected chi connectivity index (χ2v) is 14.1. The molecular weight excluding hydrogens is 480 g/mol. The van der Waals surface area contributed by atoms with Crippen LogP contribution in [0.5, 0.6) is 0 Å². The second-order valence-electron chi connectivity index (χ2n) is 14.1. The molecule has 0 aromatic carbocycles. The number of carbonyl (C=O) groups is 2. The average Bonchev–Trinajstić information content (AvgIpc) is 3.61. The SMILES string of the molecule is C[C@]12CC[C@H](N(CCCN3CCCC3)C(=O)O)C[C@H]1CC[C@@H]1[C@@H]2CC[C@]2(C)[C@@H](C3=CC(=O)OC3)CC[C@]12O. The third-order valence-electron chi connectivity index (χ3n) is 12.7. The molecule has 2 heterocycles. The maximum Gasteiger partial charge on any atom is 0.407 e. The third kappa shape index (κ3) is 4.13. The minimum Gasteiger partial charge on any atom is -0.465 e. The average molecular weight is 529 g/mol. The van der Waals surface area contributed by atoms with Crippen LogP contribution in [0, 0.1) is 34.5 Å². The van der Waals surface area contributed by atoms with E-state index in [2.05, 4.69) is 18.7 Å². The Labute approximate surface area is 228 Å². The van der Waals surface area contributed by atoms with Gasteiger partial charge >= 0.3 is 12.1 Å². The molecule has 0 radical (unpaired) electrons. The lowest BCUT2D eigenvalue weighted by Crippen LogP contribution is -2.63. The summed E-state index contributed by atoms with van der Waals surface area (Å²) in [6.07, 6.45) is 13.4. The highest BCUT2D eigenvalue weighted by Gasteiger charge is 2.67. The lowest BCUT2D eigenvalue weighted by Gasteiger charge is -2.64. The fourth-order valence-corrected chi connectivity index (χ4v) is 10.6. The summed E-state index contributed by atoms with van der Waals surface area (Å²) in [5.41, 5.74) is 0.357. The zero-order chi connectivity index (χ0) is 26.7. The zero-order valence-electron chi connectivity index (χ0n) is 23.5. The van der Waals surface area contributed by atoms with Gasteiger partial charge in [0.05, 0.1) is 5.60 Å². The molecule has 2 aliphatic heterocycles. The maximum atomic E-state index is 12.4. The van der Waals surface area contributed by atoms with Gasteiger partial charge in [-0.25, -0.2) is 9.59 Å². The monoisotopic (exact) mass is 528 g/mol. The molecule has 7 heteroatoms. The summed E-state index contributed by atoms with van der Waals surface area (Å²) in [4.78, 5) is 28.4. The van der Waals surface area contributed by atoms with Crippen LogP contribution in [0.25, 0.3) is 0 Å². The number of amides is 1. The topological polar surface area (TPSA) is 90.3 Å². The number of ether oxygens (including phenoxy) is 1. The van der Waals surface area contributed by atoms with E-state index in [0.29, 0.717) is 30.9 Å². The molecule has 8 atom stereocenters. The van der Waals surface area contributed by atoms with Crippen LogP contribution in [-0.2, 0) is 9.53 Å². The highest BCUT2D eigenvalue weighted by molar-refractivity contribution is 5.85. The number of nitrogens with zero attached hydrogens (tertiary/aromatic N) is 2. The van der Waals surface area contributed by atoms with E-state index in [-0.39, 0.29) is 28.8 Å².